The van der Waals surface area contributed by atoms with Gasteiger partial charge in [0.25, 0.3) is 0 Å². The lowest BCUT2D eigenvalue weighted by Gasteiger charge is -2.33. The van der Waals surface area contributed by atoms with Crippen LogP contribution in [-0.2, 0) is 21.4 Å². The average Bonchev–Trinajstić information content (AvgIpc) is 2.61. The Labute approximate surface area is 173 Å². The van der Waals surface area contributed by atoms with Crippen LogP contribution in [0.5, 0.6) is 0 Å². The molecule has 0 aliphatic heterocycles. The minimum absolute atomic E-state index is 0.0278. The maximum atomic E-state index is 13.3. The van der Waals surface area contributed by atoms with Crippen LogP contribution in [0, 0.1) is 0 Å². The van der Waals surface area contributed by atoms with Crippen LogP contribution < -0.4 is 0 Å². The zero-order valence-corrected chi connectivity index (χ0v) is 18.2. The first-order valence-electron chi connectivity index (χ1n) is 9.23. The second-order valence-electron chi connectivity index (χ2n) is 7.20. The molecule has 0 fully saturated rings. The van der Waals surface area contributed by atoms with E-state index in [-0.39, 0.29) is 36.0 Å². The Morgan fingerprint density at radius 2 is 1.57 bits per heavy atom. The maximum absolute atomic E-state index is 13.3. The fourth-order valence-electron chi connectivity index (χ4n) is 3.19. The van der Waals surface area contributed by atoms with Gasteiger partial charge in [0.1, 0.15) is 0 Å². The van der Waals surface area contributed by atoms with Crippen molar-refractivity contribution in [2.45, 2.75) is 51.2 Å². The van der Waals surface area contributed by atoms with Gasteiger partial charge in [-0.2, -0.15) is 4.31 Å². The molecule has 0 aliphatic carbocycles. The Hall–Kier alpha value is -1.89. The number of hydrogen-bond acceptors (Lipinski definition) is 3. The Kier molecular flexibility index (Phi) is 7.63. The Bertz CT molecular complexity index is 891. The van der Waals surface area contributed by atoms with E-state index in [0.29, 0.717) is 5.02 Å². The van der Waals surface area contributed by atoms with Crippen molar-refractivity contribution in [2.75, 3.05) is 6.54 Å². The summed E-state index contributed by atoms with van der Waals surface area (Å²) in [6.07, 6.45) is 0. The summed E-state index contributed by atoms with van der Waals surface area (Å²) >= 11 is 6.00. The summed E-state index contributed by atoms with van der Waals surface area (Å²) in [7, 11) is -3.90. The summed E-state index contributed by atoms with van der Waals surface area (Å²) in [5.74, 6) is -0.230. The fourth-order valence-corrected chi connectivity index (χ4v) is 4.87. The molecule has 0 aromatic heterocycles. The van der Waals surface area contributed by atoms with Crippen molar-refractivity contribution in [3.63, 3.8) is 0 Å². The molecule has 0 spiro atoms. The predicted molar refractivity (Wildman–Crippen MR) is 113 cm³/mol. The first-order valence-corrected chi connectivity index (χ1v) is 11.1. The van der Waals surface area contributed by atoms with E-state index in [1.54, 1.807) is 17.0 Å². The van der Waals surface area contributed by atoms with Crippen molar-refractivity contribution in [1.29, 1.82) is 0 Å². The number of benzene rings is 2. The van der Waals surface area contributed by atoms with Crippen molar-refractivity contribution >= 4 is 27.5 Å². The van der Waals surface area contributed by atoms with Crippen LogP contribution >= 0.6 is 11.6 Å². The Morgan fingerprint density at radius 1 is 0.964 bits per heavy atom. The molecule has 1 amide bonds. The molecule has 2 aromatic rings. The number of rotatable bonds is 8. The summed E-state index contributed by atoms with van der Waals surface area (Å²) in [6, 6.07) is 15.3. The highest BCUT2D eigenvalue weighted by Gasteiger charge is 2.30. The maximum Gasteiger partial charge on any atom is 0.243 e. The highest BCUT2D eigenvalue weighted by Crippen LogP contribution is 2.22. The molecule has 0 saturated heterocycles. The number of hydrogen-bond donors (Lipinski definition) is 0. The molecule has 5 nitrogen and oxygen atoms in total. The van der Waals surface area contributed by atoms with E-state index in [9.17, 15) is 13.2 Å². The molecular weight excluding hydrogens is 396 g/mol. The van der Waals surface area contributed by atoms with E-state index in [1.165, 1.54) is 16.4 Å². The lowest BCUT2D eigenvalue weighted by Crippen LogP contribution is -2.48. The molecule has 152 valence electrons. The van der Waals surface area contributed by atoms with E-state index in [4.69, 9.17) is 11.6 Å². The monoisotopic (exact) mass is 422 g/mol. The number of halogens is 1. The van der Waals surface area contributed by atoms with Gasteiger partial charge in [-0.3, -0.25) is 4.79 Å². The molecule has 0 aliphatic rings. The van der Waals surface area contributed by atoms with Gasteiger partial charge in [-0.1, -0.05) is 48.0 Å². The van der Waals surface area contributed by atoms with Gasteiger partial charge in [-0.25, -0.2) is 8.42 Å². The predicted octanol–water partition coefficient (Wildman–Crippen LogP) is 4.18. The van der Waals surface area contributed by atoms with E-state index < -0.39 is 10.0 Å². The molecule has 0 heterocycles. The van der Waals surface area contributed by atoms with Gasteiger partial charge in [0.2, 0.25) is 15.9 Å². The van der Waals surface area contributed by atoms with Gasteiger partial charge in [-0.15, -0.1) is 0 Å². The third-order valence-corrected chi connectivity index (χ3v) is 6.37. The standard InChI is InChI=1S/C21H27ClN2O3S/c1-16(2)24(17(3)4)21(25)15-23(14-18-9-6-5-7-10-18)28(26,27)20-12-8-11-19(22)13-20/h5-13,16-17H,14-15H2,1-4H3. The van der Waals surface area contributed by atoms with Gasteiger partial charge in [0.05, 0.1) is 11.4 Å². The van der Waals surface area contributed by atoms with E-state index in [0.717, 1.165) is 5.56 Å². The van der Waals surface area contributed by atoms with Crippen LogP contribution in [0.4, 0.5) is 0 Å². The lowest BCUT2D eigenvalue weighted by atomic mass is 10.2. The number of carbonyl (C=O) groups is 1. The SMILES string of the molecule is CC(C)N(C(=O)CN(Cc1ccccc1)S(=O)(=O)c1cccc(Cl)c1)C(C)C. The first kappa shape index (κ1) is 22.4. The number of sulfonamides is 1. The number of carbonyl (C=O) groups excluding carboxylic acids is 1. The van der Waals surface area contributed by atoms with E-state index >= 15 is 0 Å². The van der Waals surface area contributed by atoms with Gasteiger partial charge in [0, 0.05) is 23.7 Å². The smallest absolute Gasteiger partial charge is 0.243 e. The molecule has 0 bridgehead atoms. The minimum Gasteiger partial charge on any atom is -0.337 e. The second kappa shape index (κ2) is 9.54. The number of nitrogens with zero attached hydrogens (tertiary/aromatic N) is 2. The van der Waals surface area contributed by atoms with E-state index in [1.807, 2.05) is 58.0 Å². The summed E-state index contributed by atoms with van der Waals surface area (Å²) in [5, 5.41) is 0.332. The van der Waals surface area contributed by atoms with Gasteiger partial charge in [0.15, 0.2) is 0 Å². The van der Waals surface area contributed by atoms with Crippen LogP contribution in [0.2, 0.25) is 5.02 Å². The fraction of sp³-hybridized carbons (Fsp3) is 0.381. The quantitative estimate of drug-likeness (QED) is 0.641. The highest BCUT2D eigenvalue weighted by atomic mass is 35.5. The molecule has 28 heavy (non-hydrogen) atoms. The lowest BCUT2D eigenvalue weighted by molar-refractivity contribution is -0.135. The van der Waals surface area contributed by atoms with Crippen LogP contribution in [0.1, 0.15) is 33.3 Å². The van der Waals surface area contributed by atoms with Crippen LogP contribution in [0.25, 0.3) is 0 Å². The third-order valence-electron chi connectivity index (χ3n) is 4.35. The Morgan fingerprint density at radius 3 is 2.11 bits per heavy atom. The molecule has 7 heteroatoms. The van der Waals surface area contributed by atoms with Crippen molar-refractivity contribution in [3.8, 4) is 0 Å². The molecule has 2 rings (SSSR count). The van der Waals surface area contributed by atoms with Gasteiger partial charge in [-0.05, 0) is 51.5 Å². The van der Waals surface area contributed by atoms with Crippen LogP contribution in [0.15, 0.2) is 59.5 Å². The second-order valence-corrected chi connectivity index (χ2v) is 9.58. The third kappa shape index (κ3) is 5.56. The van der Waals surface area contributed by atoms with Crippen molar-refractivity contribution in [3.05, 3.63) is 65.2 Å². The summed E-state index contributed by atoms with van der Waals surface area (Å²) in [5.41, 5.74) is 0.807. The topological polar surface area (TPSA) is 57.7 Å². The zero-order chi connectivity index (χ0) is 20.9. The number of amides is 1. The van der Waals surface area contributed by atoms with Crippen LogP contribution in [0.3, 0.4) is 0 Å². The van der Waals surface area contributed by atoms with Crippen molar-refractivity contribution < 1.29 is 13.2 Å². The summed E-state index contributed by atoms with van der Waals surface area (Å²) < 4.78 is 27.8. The summed E-state index contributed by atoms with van der Waals surface area (Å²) in [6.45, 7) is 7.55. The van der Waals surface area contributed by atoms with Gasteiger partial charge < -0.3 is 4.90 Å². The molecule has 0 unspecified atom stereocenters. The van der Waals surface area contributed by atoms with E-state index in [2.05, 4.69) is 0 Å². The molecule has 0 radical (unpaired) electrons. The zero-order valence-electron chi connectivity index (χ0n) is 16.7. The highest BCUT2D eigenvalue weighted by molar-refractivity contribution is 7.89. The first-order chi connectivity index (χ1) is 13.1. The molecule has 2 aromatic carbocycles. The van der Waals surface area contributed by atoms with Gasteiger partial charge >= 0.3 is 0 Å². The van der Waals surface area contributed by atoms with Crippen molar-refractivity contribution in [1.82, 2.24) is 9.21 Å². The minimum atomic E-state index is -3.90. The molecule has 0 N–H and O–H groups in total. The molecular formula is C21H27ClN2O3S. The van der Waals surface area contributed by atoms with Crippen molar-refractivity contribution in [2.24, 2.45) is 0 Å². The summed E-state index contributed by atoms with van der Waals surface area (Å²) in [4.78, 5) is 14.7. The molecule has 0 atom stereocenters. The van der Waals surface area contributed by atoms with Crippen LogP contribution in [-0.4, -0.2) is 42.2 Å². The largest absolute Gasteiger partial charge is 0.337 e. The Balaban J connectivity index is 2.40. The normalized spacial score (nSPS) is 12.0. The molecule has 0 saturated carbocycles. The average molecular weight is 423 g/mol.